The number of nitrogens with zero attached hydrogens (tertiary/aromatic N) is 1. The van der Waals surface area contributed by atoms with Crippen LogP contribution in [0.2, 0.25) is 0 Å². The lowest BCUT2D eigenvalue weighted by Gasteiger charge is -2.26. The molecule has 0 aliphatic carbocycles. The first-order valence-electron chi connectivity index (χ1n) is 5.91. The van der Waals surface area contributed by atoms with Gasteiger partial charge in [-0.25, -0.2) is 0 Å². The van der Waals surface area contributed by atoms with Crippen molar-refractivity contribution >= 4 is 11.9 Å². The van der Waals surface area contributed by atoms with Crippen LogP contribution < -0.4 is 5.32 Å². The second-order valence-electron chi connectivity index (χ2n) is 4.62. The lowest BCUT2D eigenvalue weighted by Crippen LogP contribution is -2.41. The average Bonchev–Trinajstić information content (AvgIpc) is 2.84. The van der Waals surface area contributed by atoms with Crippen molar-refractivity contribution in [2.75, 3.05) is 19.6 Å². The molecule has 0 bridgehead atoms. The SMILES string of the molecule is O=C(O)CC1CCCN1C(=O)C1CCNC1. The number of amides is 1. The van der Waals surface area contributed by atoms with Gasteiger partial charge in [-0.1, -0.05) is 0 Å². The second kappa shape index (κ2) is 4.82. The molecule has 0 radical (unpaired) electrons. The van der Waals surface area contributed by atoms with E-state index in [1.807, 2.05) is 0 Å². The van der Waals surface area contributed by atoms with Crippen LogP contribution in [-0.2, 0) is 9.59 Å². The molecule has 0 spiro atoms. The molecule has 0 aromatic rings. The van der Waals surface area contributed by atoms with Crippen molar-refractivity contribution in [3.63, 3.8) is 0 Å². The zero-order valence-corrected chi connectivity index (χ0v) is 9.32. The summed E-state index contributed by atoms with van der Waals surface area (Å²) in [5.74, 6) is -0.600. The van der Waals surface area contributed by atoms with Gasteiger partial charge in [0.15, 0.2) is 0 Å². The Morgan fingerprint density at radius 2 is 2.19 bits per heavy atom. The maximum atomic E-state index is 12.1. The van der Waals surface area contributed by atoms with E-state index < -0.39 is 5.97 Å². The number of hydrogen-bond donors (Lipinski definition) is 2. The summed E-state index contributed by atoms with van der Waals surface area (Å²) in [5.41, 5.74) is 0. The van der Waals surface area contributed by atoms with Crippen molar-refractivity contribution in [1.29, 1.82) is 0 Å². The van der Waals surface area contributed by atoms with Gasteiger partial charge in [0.2, 0.25) is 5.91 Å². The van der Waals surface area contributed by atoms with Crippen LogP contribution in [0.25, 0.3) is 0 Å². The van der Waals surface area contributed by atoms with E-state index in [2.05, 4.69) is 5.32 Å². The minimum absolute atomic E-state index is 0.0643. The monoisotopic (exact) mass is 226 g/mol. The van der Waals surface area contributed by atoms with Gasteiger partial charge >= 0.3 is 5.97 Å². The van der Waals surface area contributed by atoms with Crippen LogP contribution in [0.15, 0.2) is 0 Å². The Morgan fingerprint density at radius 3 is 2.81 bits per heavy atom. The molecule has 2 heterocycles. The van der Waals surface area contributed by atoms with Gasteiger partial charge in [0.05, 0.1) is 12.3 Å². The van der Waals surface area contributed by atoms with E-state index in [0.29, 0.717) is 0 Å². The molecular weight excluding hydrogens is 208 g/mol. The Balaban J connectivity index is 1.95. The molecule has 0 aromatic heterocycles. The average molecular weight is 226 g/mol. The van der Waals surface area contributed by atoms with Gasteiger partial charge in [-0.2, -0.15) is 0 Å². The highest BCUT2D eigenvalue weighted by atomic mass is 16.4. The highest BCUT2D eigenvalue weighted by molar-refractivity contribution is 5.80. The Kier molecular flexibility index (Phi) is 3.43. The zero-order chi connectivity index (χ0) is 11.5. The standard InChI is InChI=1S/C11H18N2O3/c14-10(15)6-9-2-1-5-13(9)11(16)8-3-4-12-7-8/h8-9,12H,1-7H2,(H,14,15). The van der Waals surface area contributed by atoms with Crippen LogP contribution in [0.4, 0.5) is 0 Å². The number of carboxylic acids is 1. The van der Waals surface area contributed by atoms with Gasteiger partial charge in [-0.15, -0.1) is 0 Å². The van der Waals surface area contributed by atoms with E-state index in [1.165, 1.54) is 0 Å². The van der Waals surface area contributed by atoms with Gasteiger partial charge in [0.1, 0.15) is 0 Å². The molecule has 2 rings (SSSR count). The molecule has 5 nitrogen and oxygen atoms in total. The van der Waals surface area contributed by atoms with Crippen molar-refractivity contribution in [2.24, 2.45) is 5.92 Å². The molecule has 2 unspecified atom stereocenters. The fourth-order valence-electron chi connectivity index (χ4n) is 2.64. The van der Waals surface area contributed by atoms with Gasteiger partial charge in [0.25, 0.3) is 0 Å². The van der Waals surface area contributed by atoms with Gasteiger partial charge < -0.3 is 15.3 Å². The Hall–Kier alpha value is -1.10. The Morgan fingerprint density at radius 1 is 1.38 bits per heavy atom. The fraction of sp³-hybridized carbons (Fsp3) is 0.818. The van der Waals surface area contributed by atoms with Crippen LogP contribution in [0.5, 0.6) is 0 Å². The summed E-state index contributed by atoms with van der Waals surface area (Å²) in [7, 11) is 0. The molecule has 2 aliphatic rings. The molecule has 90 valence electrons. The van der Waals surface area contributed by atoms with E-state index in [4.69, 9.17) is 5.11 Å². The number of likely N-dealkylation sites (tertiary alicyclic amines) is 1. The molecule has 5 heteroatoms. The minimum atomic E-state index is -0.811. The maximum Gasteiger partial charge on any atom is 0.305 e. The van der Waals surface area contributed by atoms with E-state index in [0.717, 1.165) is 38.9 Å². The summed E-state index contributed by atoms with van der Waals surface area (Å²) in [4.78, 5) is 24.6. The summed E-state index contributed by atoms with van der Waals surface area (Å²) in [6, 6.07) is -0.0781. The molecule has 2 atom stereocenters. The van der Waals surface area contributed by atoms with E-state index in [9.17, 15) is 9.59 Å². The molecule has 1 amide bonds. The minimum Gasteiger partial charge on any atom is -0.481 e. The number of aliphatic carboxylic acids is 1. The summed E-state index contributed by atoms with van der Waals surface area (Å²) in [6.07, 6.45) is 2.74. The number of carboxylic acid groups (broad SMARTS) is 1. The topological polar surface area (TPSA) is 69.6 Å². The van der Waals surface area contributed by atoms with E-state index in [1.54, 1.807) is 4.90 Å². The van der Waals surface area contributed by atoms with Crippen molar-refractivity contribution in [3.05, 3.63) is 0 Å². The first kappa shape index (κ1) is 11.4. The predicted octanol–water partition coefficient (Wildman–Crippen LogP) is 0.0616. The highest BCUT2D eigenvalue weighted by Crippen LogP contribution is 2.24. The van der Waals surface area contributed by atoms with Crippen LogP contribution in [-0.4, -0.2) is 47.6 Å². The third-order valence-electron chi connectivity index (χ3n) is 3.48. The molecule has 2 N–H and O–H groups in total. The zero-order valence-electron chi connectivity index (χ0n) is 9.32. The normalized spacial score (nSPS) is 29.6. The van der Waals surface area contributed by atoms with Crippen molar-refractivity contribution < 1.29 is 14.7 Å². The summed E-state index contributed by atoms with van der Waals surface area (Å²) in [6.45, 7) is 2.37. The van der Waals surface area contributed by atoms with Crippen LogP contribution in [0.1, 0.15) is 25.7 Å². The quantitative estimate of drug-likeness (QED) is 0.714. The first-order chi connectivity index (χ1) is 7.68. The Labute approximate surface area is 94.8 Å². The molecule has 16 heavy (non-hydrogen) atoms. The van der Waals surface area contributed by atoms with E-state index >= 15 is 0 Å². The third kappa shape index (κ3) is 2.35. The summed E-state index contributed by atoms with van der Waals surface area (Å²) < 4.78 is 0. The number of nitrogens with one attached hydrogen (secondary N) is 1. The number of carbonyl (C=O) groups is 2. The highest BCUT2D eigenvalue weighted by Gasteiger charge is 2.34. The molecule has 2 fully saturated rings. The lowest BCUT2D eigenvalue weighted by molar-refractivity contribution is -0.141. The molecule has 2 saturated heterocycles. The summed E-state index contributed by atoms with van der Waals surface area (Å²) >= 11 is 0. The fourth-order valence-corrected chi connectivity index (χ4v) is 2.64. The molecular formula is C11H18N2O3. The largest absolute Gasteiger partial charge is 0.481 e. The van der Waals surface area contributed by atoms with Gasteiger partial charge in [-0.3, -0.25) is 9.59 Å². The van der Waals surface area contributed by atoms with E-state index in [-0.39, 0.29) is 24.3 Å². The third-order valence-corrected chi connectivity index (χ3v) is 3.48. The van der Waals surface area contributed by atoms with Crippen molar-refractivity contribution in [1.82, 2.24) is 10.2 Å². The second-order valence-corrected chi connectivity index (χ2v) is 4.62. The van der Waals surface area contributed by atoms with Crippen LogP contribution >= 0.6 is 0 Å². The maximum absolute atomic E-state index is 12.1. The van der Waals surface area contributed by atoms with Crippen LogP contribution in [0.3, 0.4) is 0 Å². The van der Waals surface area contributed by atoms with Crippen molar-refractivity contribution in [3.8, 4) is 0 Å². The summed E-state index contributed by atoms with van der Waals surface area (Å²) in [5, 5.41) is 12.0. The number of carbonyl (C=O) groups excluding carboxylic acids is 1. The number of rotatable bonds is 3. The Bertz CT molecular complexity index is 287. The van der Waals surface area contributed by atoms with Crippen molar-refractivity contribution in [2.45, 2.75) is 31.7 Å². The molecule has 0 saturated carbocycles. The smallest absolute Gasteiger partial charge is 0.305 e. The van der Waals surface area contributed by atoms with Gasteiger partial charge in [0, 0.05) is 19.1 Å². The molecule has 0 aromatic carbocycles. The van der Waals surface area contributed by atoms with Gasteiger partial charge in [-0.05, 0) is 25.8 Å². The first-order valence-corrected chi connectivity index (χ1v) is 5.91. The predicted molar refractivity (Wildman–Crippen MR) is 58.0 cm³/mol. The molecule has 2 aliphatic heterocycles. The van der Waals surface area contributed by atoms with Crippen LogP contribution in [0, 0.1) is 5.92 Å². The number of hydrogen-bond acceptors (Lipinski definition) is 3. The lowest BCUT2D eigenvalue weighted by atomic mass is 10.1.